The van der Waals surface area contributed by atoms with Crippen molar-refractivity contribution in [3.8, 4) is 0 Å². The van der Waals surface area contributed by atoms with E-state index in [1.54, 1.807) is 6.08 Å². The van der Waals surface area contributed by atoms with Gasteiger partial charge in [-0.25, -0.2) is 0 Å². The molecular weight excluding hydrogens is 1010 g/mol. The molecule has 2 unspecified atom stereocenters. The first-order chi connectivity index (χ1) is 40.5. The lowest BCUT2D eigenvalue weighted by molar-refractivity contribution is -0.143. The lowest BCUT2D eigenvalue weighted by atomic mass is 10.0. The number of ether oxygens (including phenoxy) is 1. The van der Waals surface area contributed by atoms with Crippen molar-refractivity contribution in [3.63, 3.8) is 0 Å². The molecule has 3 N–H and O–H groups in total. The number of hydrogen-bond donors (Lipinski definition) is 3. The van der Waals surface area contributed by atoms with E-state index < -0.39 is 12.1 Å². The quantitative estimate of drug-likeness (QED) is 0.0320. The molecule has 0 aromatic heterocycles. The molecule has 0 heterocycles. The van der Waals surface area contributed by atoms with Crippen LogP contribution in [0.1, 0.15) is 425 Å². The SMILES string of the molecule is CCCCC/C=C\CCCCCCCC(=O)OCCCCCCCCCCCCCCCCCCCCCCCCCCCCCCC(=O)NC(CO)C(O)/C=C/CCCCCCCCCCCCCCCCCCCCCCCCC. The third-order valence-corrected chi connectivity index (χ3v) is 17.7. The Morgan fingerprint density at radius 3 is 0.890 bits per heavy atom. The summed E-state index contributed by atoms with van der Waals surface area (Å²) in [6, 6.07) is -0.627. The monoisotopic (exact) mass is 1150 g/mol. The first-order valence-corrected chi connectivity index (χ1v) is 37.6. The molecule has 6 nitrogen and oxygen atoms in total. The standard InChI is InChI=1S/C76H147NO5/c1-3-5-7-9-11-13-15-17-18-19-20-21-22-27-30-33-36-39-42-45-48-52-56-60-64-68-74(79)73(72-78)77-75(80)69-65-61-57-53-49-46-43-40-37-34-31-28-25-23-24-26-29-32-35-38-41-44-47-51-55-59-63-67-71-82-76(81)70-66-62-58-54-50-16-14-12-10-8-6-4-2/h12,14,64,68,73-74,78-79H,3-11,13,15-63,65-67,69-72H2,1-2H3,(H,77,80)/b14-12-,68-64+. The van der Waals surface area contributed by atoms with Gasteiger partial charge in [-0.3, -0.25) is 9.59 Å². The van der Waals surface area contributed by atoms with Gasteiger partial charge in [0, 0.05) is 12.8 Å². The lowest BCUT2D eigenvalue weighted by Crippen LogP contribution is -2.45. The van der Waals surface area contributed by atoms with Gasteiger partial charge in [-0.05, 0) is 57.8 Å². The van der Waals surface area contributed by atoms with Gasteiger partial charge in [0.25, 0.3) is 0 Å². The number of carbonyl (C=O) groups is 2. The minimum absolute atomic E-state index is 0.00914. The molecule has 486 valence electrons. The van der Waals surface area contributed by atoms with E-state index in [2.05, 4.69) is 31.3 Å². The minimum Gasteiger partial charge on any atom is -0.466 e. The Balaban J connectivity index is 3.38. The maximum Gasteiger partial charge on any atom is 0.305 e. The molecule has 0 aliphatic rings. The zero-order chi connectivity index (χ0) is 59.2. The van der Waals surface area contributed by atoms with Crippen LogP contribution in [-0.2, 0) is 14.3 Å². The number of carbonyl (C=O) groups excluding carboxylic acids is 2. The van der Waals surface area contributed by atoms with Gasteiger partial charge < -0.3 is 20.3 Å². The zero-order valence-electron chi connectivity index (χ0n) is 55.8. The predicted octanol–water partition coefficient (Wildman–Crippen LogP) is 24.5. The van der Waals surface area contributed by atoms with E-state index in [9.17, 15) is 19.8 Å². The van der Waals surface area contributed by atoms with Gasteiger partial charge in [0.15, 0.2) is 0 Å². The molecule has 0 aliphatic heterocycles. The smallest absolute Gasteiger partial charge is 0.305 e. The minimum atomic E-state index is -0.844. The number of hydrogen-bond acceptors (Lipinski definition) is 5. The Morgan fingerprint density at radius 1 is 0.329 bits per heavy atom. The summed E-state index contributed by atoms with van der Waals surface area (Å²) >= 11 is 0. The van der Waals surface area contributed by atoms with Crippen molar-refractivity contribution < 1.29 is 24.5 Å². The van der Waals surface area contributed by atoms with Crippen molar-refractivity contribution in [1.29, 1.82) is 0 Å². The number of esters is 1. The molecule has 0 rings (SSSR count). The van der Waals surface area contributed by atoms with Gasteiger partial charge in [0.1, 0.15) is 0 Å². The van der Waals surface area contributed by atoms with Crippen LogP contribution in [0.3, 0.4) is 0 Å². The van der Waals surface area contributed by atoms with Crippen LogP contribution in [0.25, 0.3) is 0 Å². The second-order valence-corrected chi connectivity index (χ2v) is 26.0. The number of unbranched alkanes of at least 4 members (excludes halogenated alkanes) is 58. The van der Waals surface area contributed by atoms with E-state index >= 15 is 0 Å². The molecule has 82 heavy (non-hydrogen) atoms. The van der Waals surface area contributed by atoms with E-state index in [4.69, 9.17) is 4.74 Å². The summed E-state index contributed by atoms with van der Waals surface area (Å²) < 4.78 is 5.48. The largest absolute Gasteiger partial charge is 0.466 e. The highest BCUT2D eigenvalue weighted by Crippen LogP contribution is 2.20. The van der Waals surface area contributed by atoms with E-state index in [-0.39, 0.29) is 18.5 Å². The third-order valence-electron chi connectivity index (χ3n) is 17.7. The van der Waals surface area contributed by atoms with Crippen molar-refractivity contribution in [2.45, 2.75) is 437 Å². The highest BCUT2D eigenvalue weighted by Gasteiger charge is 2.18. The molecule has 0 spiro atoms. The first-order valence-electron chi connectivity index (χ1n) is 37.6. The van der Waals surface area contributed by atoms with Gasteiger partial charge in [0.2, 0.25) is 5.91 Å². The summed E-state index contributed by atoms with van der Waals surface area (Å²) in [5, 5.41) is 23.3. The molecule has 0 saturated carbocycles. The molecule has 0 aliphatic carbocycles. The van der Waals surface area contributed by atoms with Crippen LogP contribution in [0.15, 0.2) is 24.3 Å². The fourth-order valence-electron chi connectivity index (χ4n) is 12.0. The molecule has 0 aromatic rings. The van der Waals surface area contributed by atoms with Crippen LogP contribution in [0.4, 0.5) is 0 Å². The molecule has 2 atom stereocenters. The Bertz CT molecular complexity index is 1280. The Morgan fingerprint density at radius 2 is 0.573 bits per heavy atom. The molecular formula is C76H147NO5. The molecule has 1 amide bonds. The number of aliphatic hydroxyl groups excluding tert-OH is 2. The van der Waals surface area contributed by atoms with Gasteiger partial charge in [0.05, 0.1) is 25.4 Å². The number of rotatable bonds is 71. The van der Waals surface area contributed by atoms with Crippen LogP contribution in [-0.4, -0.2) is 47.4 Å². The molecule has 0 fully saturated rings. The van der Waals surface area contributed by atoms with Crippen molar-refractivity contribution in [3.05, 3.63) is 24.3 Å². The number of allylic oxidation sites excluding steroid dienone is 3. The lowest BCUT2D eigenvalue weighted by Gasteiger charge is -2.20. The molecule has 0 bridgehead atoms. The normalized spacial score (nSPS) is 12.6. The topological polar surface area (TPSA) is 95.9 Å². The van der Waals surface area contributed by atoms with E-state index in [1.807, 2.05) is 6.08 Å². The maximum atomic E-state index is 12.5. The number of nitrogens with one attached hydrogen (secondary N) is 1. The Hall–Kier alpha value is -1.66. The van der Waals surface area contributed by atoms with Crippen molar-refractivity contribution >= 4 is 11.9 Å². The molecule has 0 aromatic carbocycles. The summed E-state index contributed by atoms with van der Waals surface area (Å²) in [5.41, 5.74) is 0. The summed E-state index contributed by atoms with van der Waals surface area (Å²) in [5.74, 6) is -0.0506. The van der Waals surface area contributed by atoms with Gasteiger partial charge in [-0.15, -0.1) is 0 Å². The van der Waals surface area contributed by atoms with E-state index in [0.29, 0.717) is 19.4 Å². The highest BCUT2D eigenvalue weighted by molar-refractivity contribution is 5.76. The van der Waals surface area contributed by atoms with E-state index in [0.717, 1.165) is 44.9 Å². The molecule has 0 radical (unpaired) electrons. The van der Waals surface area contributed by atoms with Crippen molar-refractivity contribution in [2.24, 2.45) is 0 Å². The van der Waals surface area contributed by atoms with Crippen LogP contribution in [0.2, 0.25) is 0 Å². The molecule has 0 saturated heterocycles. The third kappa shape index (κ3) is 67.5. The van der Waals surface area contributed by atoms with Crippen molar-refractivity contribution in [1.82, 2.24) is 5.32 Å². The van der Waals surface area contributed by atoms with Crippen LogP contribution >= 0.6 is 0 Å². The maximum absolute atomic E-state index is 12.5. The van der Waals surface area contributed by atoms with Crippen LogP contribution in [0, 0.1) is 0 Å². The average molecular weight is 1160 g/mol. The average Bonchev–Trinajstić information content (AvgIpc) is 3.48. The van der Waals surface area contributed by atoms with Gasteiger partial charge in [-0.1, -0.05) is 378 Å². The fraction of sp³-hybridized carbons (Fsp3) is 0.921. The Labute approximate surface area is 513 Å². The molecule has 6 heteroatoms. The first kappa shape index (κ1) is 80.3. The fourth-order valence-corrected chi connectivity index (χ4v) is 12.0. The predicted molar refractivity (Wildman–Crippen MR) is 361 cm³/mol. The number of amides is 1. The van der Waals surface area contributed by atoms with Crippen molar-refractivity contribution in [2.75, 3.05) is 13.2 Å². The van der Waals surface area contributed by atoms with Crippen LogP contribution in [0.5, 0.6) is 0 Å². The summed E-state index contributed by atoms with van der Waals surface area (Å²) in [6.07, 6.45) is 91.4. The summed E-state index contributed by atoms with van der Waals surface area (Å²) in [4.78, 5) is 24.6. The van der Waals surface area contributed by atoms with Gasteiger partial charge >= 0.3 is 5.97 Å². The Kier molecular flexibility index (Phi) is 70.4. The summed E-state index contributed by atoms with van der Waals surface area (Å²) in [7, 11) is 0. The second-order valence-electron chi connectivity index (χ2n) is 26.0. The van der Waals surface area contributed by atoms with E-state index in [1.165, 1.54) is 353 Å². The summed E-state index contributed by atoms with van der Waals surface area (Å²) in [6.45, 7) is 4.92. The zero-order valence-corrected chi connectivity index (χ0v) is 55.8. The number of aliphatic hydroxyl groups is 2. The van der Waals surface area contributed by atoms with Crippen LogP contribution < -0.4 is 5.32 Å². The highest BCUT2D eigenvalue weighted by atomic mass is 16.5. The van der Waals surface area contributed by atoms with Gasteiger partial charge in [-0.2, -0.15) is 0 Å². The second kappa shape index (κ2) is 71.8.